The first-order valence-corrected chi connectivity index (χ1v) is 11.1. The maximum absolute atomic E-state index is 13.2. The lowest BCUT2D eigenvalue weighted by Crippen LogP contribution is -2.35. The van der Waals surface area contributed by atoms with Gasteiger partial charge in [0.1, 0.15) is 11.3 Å². The lowest BCUT2D eigenvalue weighted by atomic mass is 9.96. The molecular formula is C24H25BrN4O3. The topological polar surface area (TPSA) is 78.1 Å². The molecule has 8 heteroatoms. The van der Waals surface area contributed by atoms with Crippen LogP contribution in [0.1, 0.15) is 28.6 Å². The van der Waals surface area contributed by atoms with Gasteiger partial charge in [-0.3, -0.25) is 14.0 Å². The van der Waals surface area contributed by atoms with E-state index in [-0.39, 0.29) is 11.3 Å². The number of hydrogen-bond acceptors (Lipinski definition) is 5. The van der Waals surface area contributed by atoms with E-state index in [1.807, 2.05) is 62.3 Å². The van der Waals surface area contributed by atoms with Crippen LogP contribution in [0.5, 0.6) is 0 Å². The number of hydrogen-bond donors (Lipinski definition) is 1. The summed E-state index contributed by atoms with van der Waals surface area (Å²) >= 11 is 3.43. The predicted molar refractivity (Wildman–Crippen MR) is 126 cm³/mol. The molecule has 4 rings (SSSR count). The van der Waals surface area contributed by atoms with Crippen LogP contribution in [0.4, 0.5) is 0 Å². The maximum Gasteiger partial charge on any atom is 0.295 e. The molecule has 1 N–H and O–H groups in total. The highest BCUT2D eigenvalue weighted by Gasteiger charge is 2.46. The summed E-state index contributed by atoms with van der Waals surface area (Å²) in [6.45, 7) is 4.68. The van der Waals surface area contributed by atoms with Crippen LogP contribution in [0.3, 0.4) is 0 Å². The van der Waals surface area contributed by atoms with Gasteiger partial charge in [-0.2, -0.15) is 0 Å². The molecule has 166 valence electrons. The van der Waals surface area contributed by atoms with Gasteiger partial charge < -0.3 is 14.9 Å². The van der Waals surface area contributed by atoms with Gasteiger partial charge in [-0.05, 0) is 57.3 Å². The van der Waals surface area contributed by atoms with Crippen molar-refractivity contribution in [2.24, 2.45) is 0 Å². The number of benzene rings is 1. The van der Waals surface area contributed by atoms with Crippen molar-refractivity contribution in [3.8, 4) is 0 Å². The quantitative estimate of drug-likeness (QED) is 0.331. The molecule has 1 aliphatic rings. The molecule has 0 radical (unpaired) electrons. The zero-order chi connectivity index (χ0) is 23.2. The summed E-state index contributed by atoms with van der Waals surface area (Å²) in [7, 11) is 3.82. The summed E-state index contributed by atoms with van der Waals surface area (Å²) in [5.74, 6) is -1.50. The molecular weight excluding hydrogens is 472 g/mol. The van der Waals surface area contributed by atoms with Crippen LogP contribution in [-0.4, -0.2) is 63.2 Å². The number of pyridine rings is 1. The van der Waals surface area contributed by atoms with Crippen LogP contribution >= 0.6 is 15.9 Å². The van der Waals surface area contributed by atoms with Crippen molar-refractivity contribution in [2.45, 2.75) is 19.9 Å². The van der Waals surface area contributed by atoms with Crippen LogP contribution in [0, 0.1) is 13.8 Å². The predicted octanol–water partition coefficient (Wildman–Crippen LogP) is 3.70. The largest absolute Gasteiger partial charge is 0.505 e. The molecule has 0 unspecified atom stereocenters. The minimum atomic E-state index is -0.684. The Morgan fingerprint density at radius 1 is 1.16 bits per heavy atom. The van der Waals surface area contributed by atoms with Crippen LogP contribution in [0.15, 0.2) is 52.6 Å². The lowest BCUT2D eigenvalue weighted by molar-refractivity contribution is -0.140. The molecule has 1 aromatic carbocycles. The third-order valence-corrected chi connectivity index (χ3v) is 6.29. The second kappa shape index (κ2) is 8.52. The number of Topliss-reactive ketones (excluding diaryl/α,β-unsaturated/α-hetero) is 1. The van der Waals surface area contributed by atoms with E-state index < -0.39 is 17.7 Å². The molecule has 32 heavy (non-hydrogen) atoms. The Labute approximate surface area is 195 Å². The van der Waals surface area contributed by atoms with Crippen molar-refractivity contribution in [3.63, 3.8) is 0 Å². The summed E-state index contributed by atoms with van der Waals surface area (Å²) in [5, 5.41) is 11.4. The molecule has 1 aliphatic heterocycles. The number of ketones is 1. The number of nitrogens with zero attached hydrogens (tertiary/aromatic N) is 4. The van der Waals surface area contributed by atoms with Gasteiger partial charge in [0.05, 0.1) is 17.3 Å². The average molecular weight is 497 g/mol. The van der Waals surface area contributed by atoms with Crippen molar-refractivity contribution in [1.29, 1.82) is 0 Å². The number of carbonyl (C=O) groups excluding carboxylic acids is 2. The third-order valence-electron chi connectivity index (χ3n) is 5.76. The number of amides is 1. The van der Waals surface area contributed by atoms with E-state index in [0.29, 0.717) is 30.1 Å². The second-order valence-electron chi connectivity index (χ2n) is 8.28. The van der Waals surface area contributed by atoms with Gasteiger partial charge in [0, 0.05) is 23.8 Å². The summed E-state index contributed by atoms with van der Waals surface area (Å²) in [4.78, 5) is 34.3. The van der Waals surface area contributed by atoms with Gasteiger partial charge in [-0.1, -0.05) is 34.1 Å². The minimum Gasteiger partial charge on any atom is -0.505 e. The Morgan fingerprint density at radius 3 is 2.50 bits per heavy atom. The Hall–Kier alpha value is -2.97. The van der Waals surface area contributed by atoms with Gasteiger partial charge in [0.15, 0.2) is 5.76 Å². The van der Waals surface area contributed by atoms with E-state index in [9.17, 15) is 14.7 Å². The highest BCUT2D eigenvalue weighted by molar-refractivity contribution is 9.10. The number of imidazole rings is 1. The third kappa shape index (κ3) is 3.73. The Bertz CT molecular complexity index is 1240. The normalized spacial score (nSPS) is 18.3. The first-order chi connectivity index (χ1) is 15.2. The fraction of sp³-hybridized carbons (Fsp3) is 0.292. The SMILES string of the molecule is Cc1nc2c(C)cccn2c1C(O)=C1C(=O)C(=O)N(CCN(C)C)[C@@H]1c1ccc(Br)cc1. The van der Waals surface area contributed by atoms with E-state index in [2.05, 4.69) is 20.9 Å². The van der Waals surface area contributed by atoms with Crippen molar-refractivity contribution >= 4 is 39.0 Å². The average Bonchev–Trinajstić information content (AvgIpc) is 3.21. The molecule has 7 nitrogen and oxygen atoms in total. The minimum absolute atomic E-state index is 0.0856. The summed E-state index contributed by atoms with van der Waals surface area (Å²) in [6.07, 6.45) is 1.80. The first kappa shape index (κ1) is 22.2. The van der Waals surface area contributed by atoms with E-state index >= 15 is 0 Å². The number of aromatic nitrogens is 2. The molecule has 1 saturated heterocycles. The highest BCUT2D eigenvalue weighted by atomic mass is 79.9. The molecule has 1 amide bonds. The molecule has 0 aliphatic carbocycles. The number of halogens is 1. The maximum atomic E-state index is 13.2. The highest BCUT2D eigenvalue weighted by Crippen LogP contribution is 2.40. The number of aryl methyl sites for hydroxylation is 2. The fourth-order valence-corrected chi connectivity index (χ4v) is 4.40. The first-order valence-electron chi connectivity index (χ1n) is 10.3. The molecule has 1 atom stereocenters. The lowest BCUT2D eigenvalue weighted by Gasteiger charge is -2.26. The number of likely N-dealkylation sites (tertiary alicyclic amines) is 1. The Morgan fingerprint density at radius 2 is 1.84 bits per heavy atom. The van der Waals surface area contributed by atoms with Crippen molar-refractivity contribution in [2.75, 3.05) is 27.2 Å². The fourth-order valence-electron chi connectivity index (χ4n) is 4.14. The zero-order valence-electron chi connectivity index (χ0n) is 18.5. The van der Waals surface area contributed by atoms with Crippen LogP contribution in [-0.2, 0) is 9.59 Å². The molecule has 0 saturated carbocycles. The van der Waals surface area contributed by atoms with Crippen molar-refractivity contribution in [3.05, 3.63) is 75.2 Å². The smallest absolute Gasteiger partial charge is 0.295 e. The monoisotopic (exact) mass is 496 g/mol. The molecule has 0 bridgehead atoms. The molecule has 2 aromatic heterocycles. The van der Waals surface area contributed by atoms with E-state index in [1.165, 1.54) is 0 Å². The van der Waals surface area contributed by atoms with Gasteiger partial charge in [0.2, 0.25) is 0 Å². The van der Waals surface area contributed by atoms with Crippen molar-refractivity contribution in [1.82, 2.24) is 19.2 Å². The number of aliphatic hydroxyl groups is 1. The van der Waals surface area contributed by atoms with E-state index in [1.54, 1.807) is 22.4 Å². The Balaban J connectivity index is 1.94. The molecule has 3 aromatic rings. The van der Waals surface area contributed by atoms with Crippen molar-refractivity contribution < 1.29 is 14.7 Å². The summed E-state index contributed by atoms with van der Waals surface area (Å²) in [6, 6.07) is 10.6. The number of aliphatic hydroxyl groups excluding tert-OH is 1. The number of likely N-dealkylation sites (N-methyl/N-ethyl adjacent to an activating group) is 1. The van der Waals surface area contributed by atoms with Gasteiger partial charge in [-0.25, -0.2) is 4.98 Å². The van der Waals surface area contributed by atoms with Gasteiger partial charge in [-0.15, -0.1) is 0 Å². The Kier molecular flexibility index (Phi) is 5.92. The van der Waals surface area contributed by atoms with E-state index in [4.69, 9.17) is 0 Å². The zero-order valence-corrected chi connectivity index (χ0v) is 20.0. The van der Waals surface area contributed by atoms with Gasteiger partial charge >= 0.3 is 0 Å². The number of rotatable bonds is 5. The number of fused-ring (bicyclic) bond motifs is 1. The van der Waals surface area contributed by atoms with E-state index in [0.717, 1.165) is 15.6 Å². The second-order valence-corrected chi connectivity index (χ2v) is 9.19. The van der Waals surface area contributed by atoms with Crippen LogP contribution < -0.4 is 0 Å². The van der Waals surface area contributed by atoms with Crippen LogP contribution in [0.2, 0.25) is 0 Å². The number of carbonyl (C=O) groups is 2. The van der Waals surface area contributed by atoms with Crippen LogP contribution in [0.25, 0.3) is 11.4 Å². The summed E-state index contributed by atoms with van der Waals surface area (Å²) in [5.41, 5.74) is 3.51. The molecule has 1 fully saturated rings. The summed E-state index contributed by atoms with van der Waals surface area (Å²) < 4.78 is 2.66. The molecule has 0 spiro atoms. The standard InChI is InChI=1S/C24H25BrN4O3/c1-14-6-5-11-28-19(15(2)26-23(14)28)21(30)18-20(16-7-9-17(25)10-8-16)29(13-12-27(3)4)24(32)22(18)31/h5-11,20,30H,12-13H2,1-4H3/t20-/m1/s1. The van der Waals surface area contributed by atoms with Gasteiger partial charge in [0.25, 0.3) is 11.7 Å². The molecule has 3 heterocycles.